The molecule has 0 bridgehead atoms. The fourth-order valence-electron chi connectivity index (χ4n) is 4.01. The molecule has 4 amide bonds. The number of nitrogens with zero attached hydrogens (tertiary/aromatic N) is 3. The van der Waals surface area contributed by atoms with Crippen molar-refractivity contribution < 1.29 is 23.7 Å². The Balaban J connectivity index is 1.60. The number of imide groups is 2. The lowest BCUT2D eigenvalue weighted by Gasteiger charge is -2.33. The van der Waals surface area contributed by atoms with Gasteiger partial charge in [0.15, 0.2) is 0 Å². The normalized spacial score (nSPS) is 14.9. The van der Waals surface area contributed by atoms with E-state index in [4.69, 9.17) is 4.42 Å². The van der Waals surface area contributed by atoms with Gasteiger partial charge in [-0.15, -0.1) is 0 Å². The number of hydrogen-bond acceptors (Lipinski definition) is 6. The number of para-hydroxylation sites is 2. The molecule has 1 aliphatic rings. The minimum Gasteiger partial charge on any atom is -0.456 e. The highest BCUT2D eigenvalue weighted by atomic mass is 16.6. The van der Waals surface area contributed by atoms with Crippen LogP contribution in [0.5, 0.6) is 0 Å². The minimum atomic E-state index is -0.812. The molecule has 4 aromatic rings. The van der Waals surface area contributed by atoms with Crippen molar-refractivity contribution in [2.45, 2.75) is 6.92 Å². The van der Waals surface area contributed by atoms with Gasteiger partial charge in [0, 0.05) is 6.07 Å². The van der Waals surface area contributed by atoms with E-state index in [0.29, 0.717) is 11.4 Å². The van der Waals surface area contributed by atoms with E-state index in [1.165, 1.54) is 24.3 Å². The average molecular weight is 493 g/mol. The van der Waals surface area contributed by atoms with Gasteiger partial charge in [0.25, 0.3) is 17.5 Å². The number of barbiturate groups is 1. The van der Waals surface area contributed by atoms with E-state index >= 15 is 0 Å². The van der Waals surface area contributed by atoms with Crippen molar-refractivity contribution in [1.29, 1.82) is 0 Å². The number of hydrogen-bond donors (Lipinski definition) is 0. The summed E-state index contributed by atoms with van der Waals surface area (Å²) >= 11 is 0. The van der Waals surface area contributed by atoms with E-state index in [9.17, 15) is 24.5 Å². The van der Waals surface area contributed by atoms with Crippen molar-refractivity contribution in [1.82, 2.24) is 0 Å². The average Bonchev–Trinajstić information content (AvgIpc) is 3.37. The van der Waals surface area contributed by atoms with Crippen LogP contribution in [0.4, 0.5) is 21.9 Å². The Kier molecular flexibility index (Phi) is 5.94. The zero-order chi connectivity index (χ0) is 26.1. The van der Waals surface area contributed by atoms with E-state index in [0.717, 1.165) is 15.4 Å². The lowest BCUT2D eigenvalue weighted by Crippen LogP contribution is -2.57. The highest BCUT2D eigenvalue weighted by Gasteiger charge is 2.43. The smallest absolute Gasteiger partial charge is 0.343 e. The van der Waals surface area contributed by atoms with Gasteiger partial charge in [0.05, 0.1) is 21.9 Å². The number of nitro benzene ring substituents is 1. The maximum atomic E-state index is 13.5. The van der Waals surface area contributed by atoms with Gasteiger partial charge in [-0.3, -0.25) is 19.7 Å². The first-order chi connectivity index (χ1) is 17.8. The molecular weight excluding hydrogens is 474 g/mol. The van der Waals surface area contributed by atoms with Gasteiger partial charge >= 0.3 is 6.03 Å². The number of amides is 4. The van der Waals surface area contributed by atoms with Crippen LogP contribution in [0.25, 0.3) is 17.4 Å². The number of furan rings is 1. The summed E-state index contributed by atoms with van der Waals surface area (Å²) < 4.78 is 5.78. The number of anilines is 2. The molecule has 0 radical (unpaired) electrons. The SMILES string of the molecule is Cc1ccc(N2C(=O)/C(=C\c3ccc(-c4ccccc4[N+](=O)[O-])o3)C(=O)N(c3ccccc3)C2=O)cc1. The summed E-state index contributed by atoms with van der Waals surface area (Å²) in [4.78, 5) is 53.1. The summed E-state index contributed by atoms with van der Waals surface area (Å²) in [6.07, 6.45) is 1.24. The molecule has 37 heavy (non-hydrogen) atoms. The van der Waals surface area contributed by atoms with Crippen LogP contribution in [-0.2, 0) is 9.59 Å². The van der Waals surface area contributed by atoms with Gasteiger partial charge in [-0.05, 0) is 55.5 Å². The first-order valence-corrected chi connectivity index (χ1v) is 11.2. The van der Waals surface area contributed by atoms with Crippen molar-refractivity contribution in [2.24, 2.45) is 0 Å². The van der Waals surface area contributed by atoms with E-state index < -0.39 is 22.8 Å². The van der Waals surface area contributed by atoms with Crippen molar-refractivity contribution in [3.63, 3.8) is 0 Å². The maximum absolute atomic E-state index is 13.5. The first-order valence-electron chi connectivity index (χ1n) is 11.2. The third kappa shape index (κ3) is 4.30. The van der Waals surface area contributed by atoms with Gasteiger partial charge in [-0.2, -0.15) is 0 Å². The van der Waals surface area contributed by atoms with Gasteiger partial charge < -0.3 is 4.42 Å². The van der Waals surface area contributed by atoms with Gasteiger partial charge in [-0.25, -0.2) is 14.6 Å². The van der Waals surface area contributed by atoms with Gasteiger partial charge in [0.1, 0.15) is 17.1 Å². The monoisotopic (exact) mass is 493 g/mol. The minimum absolute atomic E-state index is 0.121. The highest BCUT2D eigenvalue weighted by Crippen LogP contribution is 2.33. The van der Waals surface area contributed by atoms with Crippen LogP contribution >= 0.6 is 0 Å². The van der Waals surface area contributed by atoms with Crippen LogP contribution in [0, 0.1) is 17.0 Å². The molecule has 0 N–H and O–H groups in total. The van der Waals surface area contributed by atoms with E-state index in [-0.39, 0.29) is 28.3 Å². The molecule has 182 valence electrons. The zero-order valence-corrected chi connectivity index (χ0v) is 19.5. The second kappa shape index (κ2) is 9.38. The molecule has 1 saturated heterocycles. The van der Waals surface area contributed by atoms with E-state index in [2.05, 4.69) is 0 Å². The van der Waals surface area contributed by atoms with Gasteiger partial charge in [-0.1, -0.05) is 48.0 Å². The molecule has 0 saturated carbocycles. The molecule has 0 aliphatic carbocycles. The van der Waals surface area contributed by atoms with Crippen molar-refractivity contribution >= 4 is 41.0 Å². The second-order valence-electron chi connectivity index (χ2n) is 8.27. The Morgan fingerprint density at radius 1 is 0.757 bits per heavy atom. The molecule has 5 rings (SSSR count). The Hall–Kier alpha value is -5.31. The number of rotatable bonds is 5. The predicted octanol–water partition coefficient (Wildman–Crippen LogP) is 5.75. The van der Waals surface area contributed by atoms with Gasteiger partial charge in [0.2, 0.25) is 0 Å². The topological polar surface area (TPSA) is 114 Å². The molecule has 9 heteroatoms. The van der Waals surface area contributed by atoms with Crippen LogP contribution < -0.4 is 9.80 Å². The van der Waals surface area contributed by atoms with Crippen LogP contribution in [0.2, 0.25) is 0 Å². The molecule has 2 heterocycles. The molecule has 0 atom stereocenters. The largest absolute Gasteiger partial charge is 0.456 e. The Labute approximate surface area is 211 Å². The van der Waals surface area contributed by atoms with E-state index in [1.807, 2.05) is 6.92 Å². The number of carbonyl (C=O) groups excluding carboxylic acids is 3. The fourth-order valence-corrected chi connectivity index (χ4v) is 4.01. The predicted molar refractivity (Wildman–Crippen MR) is 137 cm³/mol. The maximum Gasteiger partial charge on any atom is 0.343 e. The number of urea groups is 1. The Morgan fingerprint density at radius 2 is 1.35 bits per heavy atom. The molecule has 9 nitrogen and oxygen atoms in total. The van der Waals surface area contributed by atoms with Crippen LogP contribution in [0.3, 0.4) is 0 Å². The highest BCUT2D eigenvalue weighted by molar-refractivity contribution is 6.46. The molecule has 1 fully saturated rings. The summed E-state index contributed by atoms with van der Waals surface area (Å²) in [6.45, 7) is 1.88. The number of aryl methyl sites for hydroxylation is 1. The molecule has 0 unspecified atom stereocenters. The van der Waals surface area contributed by atoms with Crippen molar-refractivity contribution in [3.8, 4) is 11.3 Å². The third-order valence-electron chi connectivity index (χ3n) is 5.84. The summed E-state index contributed by atoms with van der Waals surface area (Å²) in [6, 6.07) is 23.3. The molecule has 0 spiro atoms. The quantitative estimate of drug-likeness (QED) is 0.151. The van der Waals surface area contributed by atoms with Crippen molar-refractivity contribution in [3.05, 3.63) is 118 Å². The Bertz CT molecular complexity index is 1570. The summed E-state index contributed by atoms with van der Waals surface area (Å²) in [5, 5.41) is 11.4. The first kappa shape index (κ1) is 23.4. The van der Waals surface area contributed by atoms with Crippen LogP contribution in [0.1, 0.15) is 11.3 Å². The second-order valence-corrected chi connectivity index (χ2v) is 8.27. The van der Waals surface area contributed by atoms with E-state index in [1.54, 1.807) is 72.8 Å². The summed E-state index contributed by atoms with van der Waals surface area (Å²) in [7, 11) is 0. The third-order valence-corrected chi connectivity index (χ3v) is 5.84. The van der Waals surface area contributed by atoms with Crippen molar-refractivity contribution in [2.75, 3.05) is 9.80 Å². The number of benzene rings is 3. The molecular formula is C28H19N3O6. The standard InChI is InChI=1S/C28H19N3O6/c1-18-11-13-20(14-12-18)30-27(33)23(26(32)29(28(30)34)19-7-3-2-4-8-19)17-21-15-16-25(37-21)22-9-5-6-10-24(22)31(35)36/h2-17H,1H3/b23-17-. The Morgan fingerprint density at radius 3 is 2.00 bits per heavy atom. The lowest BCUT2D eigenvalue weighted by atomic mass is 10.1. The molecule has 1 aliphatic heterocycles. The lowest BCUT2D eigenvalue weighted by molar-refractivity contribution is -0.384. The number of nitro groups is 1. The molecule has 1 aromatic heterocycles. The summed E-state index contributed by atoms with van der Waals surface area (Å²) in [5.41, 5.74) is 1.35. The zero-order valence-electron chi connectivity index (χ0n) is 19.5. The fraction of sp³-hybridized carbons (Fsp3) is 0.0357. The van der Waals surface area contributed by atoms with Crippen LogP contribution in [0.15, 0.2) is 101 Å². The number of carbonyl (C=O) groups is 3. The molecule has 3 aromatic carbocycles. The van der Waals surface area contributed by atoms with Crippen LogP contribution in [-0.4, -0.2) is 22.8 Å². The summed E-state index contributed by atoms with van der Waals surface area (Å²) in [5.74, 6) is -1.31.